The average molecular weight is 720 g/mol. The lowest BCUT2D eigenvalue weighted by Crippen LogP contribution is -2.16. The maximum Gasteiger partial charge on any atom is 0.135 e. The summed E-state index contributed by atoms with van der Waals surface area (Å²) in [4.78, 5) is 2.44. The number of benzene rings is 8. The topological polar surface area (TPSA) is 16.4 Å². The van der Waals surface area contributed by atoms with Gasteiger partial charge in [0.2, 0.25) is 0 Å². The molecule has 11 rings (SSSR count). The summed E-state index contributed by atoms with van der Waals surface area (Å²) in [5.74, 6) is 0. The van der Waals surface area contributed by atoms with Gasteiger partial charge in [-0.05, 0) is 116 Å². The van der Waals surface area contributed by atoms with E-state index in [-0.39, 0.29) is 10.8 Å². The number of rotatable bonds is 5. The summed E-state index contributed by atoms with van der Waals surface area (Å²) in [6.45, 7) is 9.39. The average Bonchev–Trinajstić information content (AvgIpc) is 3.81. The molecule has 2 aliphatic carbocycles. The van der Waals surface area contributed by atoms with Crippen LogP contribution in [0.15, 0.2) is 180 Å². The fraction of sp³-hybridized carbons (Fsp3) is 0.111. The van der Waals surface area contributed by atoms with Gasteiger partial charge in [0, 0.05) is 38.5 Å². The molecule has 1 heterocycles. The van der Waals surface area contributed by atoms with Crippen LogP contribution in [0.2, 0.25) is 0 Å². The van der Waals surface area contributed by atoms with Crippen LogP contribution in [0.4, 0.5) is 17.1 Å². The highest BCUT2D eigenvalue weighted by Gasteiger charge is 2.38. The number of hydrogen-bond acceptors (Lipinski definition) is 2. The molecule has 9 aromatic rings. The highest BCUT2D eigenvalue weighted by molar-refractivity contribution is 6.06. The maximum absolute atomic E-state index is 6.14. The van der Waals surface area contributed by atoms with Gasteiger partial charge < -0.3 is 9.32 Å². The van der Waals surface area contributed by atoms with Gasteiger partial charge in [0.1, 0.15) is 11.2 Å². The molecule has 1 aromatic heterocycles. The first-order valence-electron chi connectivity index (χ1n) is 19.7. The monoisotopic (exact) mass is 719 g/mol. The van der Waals surface area contributed by atoms with E-state index in [0.29, 0.717) is 0 Å². The molecule has 2 aliphatic rings. The quantitative estimate of drug-likeness (QED) is 0.176. The fourth-order valence-corrected chi connectivity index (χ4v) is 9.76. The second-order valence-corrected chi connectivity index (χ2v) is 16.5. The first kappa shape index (κ1) is 32.8. The lowest BCUT2D eigenvalue weighted by molar-refractivity contribution is 0.660. The van der Waals surface area contributed by atoms with Crippen molar-refractivity contribution in [3.63, 3.8) is 0 Å². The van der Waals surface area contributed by atoms with Crippen molar-refractivity contribution in [1.82, 2.24) is 0 Å². The third-order valence-electron chi connectivity index (χ3n) is 12.7. The Bertz CT molecular complexity index is 3010. The zero-order valence-electron chi connectivity index (χ0n) is 32.1. The van der Waals surface area contributed by atoms with Crippen molar-refractivity contribution in [2.45, 2.75) is 38.5 Å². The smallest absolute Gasteiger partial charge is 0.135 e. The highest BCUT2D eigenvalue weighted by atomic mass is 16.3. The SMILES string of the molecule is CC1(C)c2ccccc2-c2cc(-c3ccc(N(c4ccc(-c5ccc6oc7ccccc7c6c5)cc4)c4cccc5c4-c4ccccc4C5(C)C)cc3)ccc21. The summed E-state index contributed by atoms with van der Waals surface area (Å²) >= 11 is 0. The Morgan fingerprint density at radius 2 is 0.893 bits per heavy atom. The van der Waals surface area contributed by atoms with Gasteiger partial charge in [-0.25, -0.2) is 0 Å². The minimum absolute atomic E-state index is 0.00608. The van der Waals surface area contributed by atoms with E-state index in [1.165, 1.54) is 72.4 Å². The Morgan fingerprint density at radius 1 is 0.375 bits per heavy atom. The first-order chi connectivity index (χ1) is 27.3. The number of furan rings is 1. The van der Waals surface area contributed by atoms with Crippen LogP contribution in [0.3, 0.4) is 0 Å². The van der Waals surface area contributed by atoms with Gasteiger partial charge in [0.25, 0.3) is 0 Å². The van der Waals surface area contributed by atoms with Crippen LogP contribution < -0.4 is 4.90 Å². The Balaban J connectivity index is 1.03. The Kier molecular flexibility index (Phi) is 6.98. The van der Waals surface area contributed by atoms with E-state index in [1.54, 1.807) is 0 Å². The molecule has 0 radical (unpaired) electrons. The summed E-state index contributed by atoms with van der Waals surface area (Å²) in [6, 6.07) is 64.7. The molecule has 8 aromatic carbocycles. The van der Waals surface area contributed by atoms with E-state index >= 15 is 0 Å². The second kappa shape index (κ2) is 11.9. The number of fused-ring (bicyclic) bond motifs is 9. The van der Waals surface area contributed by atoms with E-state index in [9.17, 15) is 0 Å². The van der Waals surface area contributed by atoms with Crippen LogP contribution in [0.25, 0.3) is 66.4 Å². The Hall–Kier alpha value is -6.64. The van der Waals surface area contributed by atoms with Gasteiger partial charge in [-0.1, -0.05) is 149 Å². The third kappa shape index (κ3) is 4.75. The van der Waals surface area contributed by atoms with E-state index in [1.807, 2.05) is 12.1 Å². The van der Waals surface area contributed by atoms with Crippen LogP contribution in [-0.2, 0) is 10.8 Å². The molecule has 0 spiro atoms. The summed E-state index contributed by atoms with van der Waals surface area (Å²) in [5.41, 5.74) is 20.8. The maximum atomic E-state index is 6.14. The van der Waals surface area contributed by atoms with Gasteiger partial charge in [0.05, 0.1) is 5.69 Å². The molecule has 0 N–H and O–H groups in total. The van der Waals surface area contributed by atoms with E-state index < -0.39 is 0 Å². The van der Waals surface area contributed by atoms with Crippen molar-refractivity contribution in [3.8, 4) is 44.5 Å². The molecular weight excluding hydrogens is 679 g/mol. The van der Waals surface area contributed by atoms with Gasteiger partial charge in [0.15, 0.2) is 0 Å². The number of para-hydroxylation sites is 1. The molecule has 2 nitrogen and oxygen atoms in total. The molecule has 0 aliphatic heterocycles. The first-order valence-corrected chi connectivity index (χ1v) is 19.7. The van der Waals surface area contributed by atoms with Crippen LogP contribution in [0, 0.1) is 0 Å². The number of hydrogen-bond donors (Lipinski definition) is 0. The van der Waals surface area contributed by atoms with Gasteiger partial charge in [-0.3, -0.25) is 0 Å². The predicted octanol–water partition coefficient (Wildman–Crippen LogP) is 15.0. The van der Waals surface area contributed by atoms with E-state index in [0.717, 1.165) is 33.3 Å². The molecule has 0 saturated heterocycles. The van der Waals surface area contributed by atoms with Gasteiger partial charge >= 0.3 is 0 Å². The molecule has 268 valence electrons. The van der Waals surface area contributed by atoms with E-state index in [4.69, 9.17) is 4.42 Å². The minimum Gasteiger partial charge on any atom is -0.456 e. The van der Waals surface area contributed by atoms with Gasteiger partial charge in [-0.2, -0.15) is 0 Å². The molecule has 0 bridgehead atoms. The van der Waals surface area contributed by atoms with Crippen molar-refractivity contribution in [1.29, 1.82) is 0 Å². The zero-order chi connectivity index (χ0) is 37.8. The van der Waals surface area contributed by atoms with E-state index in [2.05, 4.69) is 196 Å². The number of nitrogens with zero attached hydrogens (tertiary/aromatic N) is 1. The summed E-state index contributed by atoms with van der Waals surface area (Å²) < 4.78 is 6.14. The van der Waals surface area contributed by atoms with Crippen molar-refractivity contribution in [3.05, 3.63) is 198 Å². The molecular formula is C54H41NO. The lowest BCUT2D eigenvalue weighted by atomic mass is 9.82. The summed E-state index contributed by atoms with van der Waals surface area (Å²) in [7, 11) is 0. The molecule has 0 saturated carbocycles. The molecule has 2 heteroatoms. The normalized spacial score (nSPS) is 14.4. The van der Waals surface area contributed by atoms with Crippen molar-refractivity contribution >= 4 is 39.0 Å². The predicted molar refractivity (Wildman–Crippen MR) is 234 cm³/mol. The highest BCUT2D eigenvalue weighted by Crippen LogP contribution is 2.54. The molecule has 56 heavy (non-hydrogen) atoms. The van der Waals surface area contributed by atoms with Crippen molar-refractivity contribution in [2.75, 3.05) is 4.90 Å². The minimum atomic E-state index is -0.0992. The van der Waals surface area contributed by atoms with Crippen LogP contribution in [0.1, 0.15) is 49.9 Å². The van der Waals surface area contributed by atoms with Crippen LogP contribution in [-0.4, -0.2) is 0 Å². The third-order valence-corrected chi connectivity index (χ3v) is 12.7. The number of anilines is 3. The van der Waals surface area contributed by atoms with Gasteiger partial charge in [-0.15, -0.1) is 0 Å². The molecule has 0 amide bonds. The second-order valence-electron chi connectivity index (χ2n) is 16.5. The van der Waals surface area contributed by atoms with Crippen LogP contribution >= 0.6 is 0 Å². The fourth-order valence-electron chi connectivity index (χ4n) is 9.76. The van der Waals surface area contributed by atoms with Crippen LogP contribution in [0.5, 0.6) is 0 Å². The standard InChI is InChI=1S/C54H41NO/c1-53(2)45-15-8-5-12-40(45)43-32-36(24-30-47(43)53)34-20-26-38(27-21-34)55(49-18-11-17-48-52(49)42-14-6-9-16-46(42)54(48,3)4)39-28-22-35(23-29-39)37-25-31-51-44(33-37)41-13-7-10-19-50(41)56-51/h5-33H,1-4H3. The summed E-state index contributed by atoms with van der Waals surface area (Å²) in [5, 5.41) is 2.28. The molecule has 0 unspecified atom stereocenters. The Labute approximate surface area is 328 Å². The largest absolute Gasteiger partial charge is 0.456 e. The van der Waals surface area contributed by atoms with Crippen molar-refractivity contribution in [2.24, 2.45) is 0 Å². The van der Waals surface area contributed by atoms with Crippen molar-refractivity contribution < 1.29 is 4.42 Å². The zero-order valence-corrected chi connectivity index (χ0v) is 32.1. The Morgan fingerprint density at radius 3 is 1.62 bits per heavy atom. The lowest BCUT2D eigenvalue weighted by Gasteiger charge is -2.29. The molecule has 0 fully saturated rings. The summed E-state index contributed by atoms with van der Waals surface area (Å²) in [6.07, 6.45) is 0. The molecule has 0 atom stereocenters.